The number of anilines is 1. The van der Waals surface area contributed by atoms with Crippen molar-refractivity contribution in [1.29, 1.82) is 0 Å². The van der Waals surface area contributed by atoms with Crippen LogP contribution in [0.4, 0.5) is 10.6 Å². The number of ether oxygens (including phenoxy) is 1. The zero-order chi connectivity index (χ0) is 23.9. The van der Waals surface area contributed by atoms with Crippen molar-refractivity contribution in [3.8, 4) is 0 Å². The molecule has 9 heteroatoms. The van der Waals surface area contributed by atoms with Gasteiger partial charge in [-0.05, 0) is 73.8 Å². The van der Waals surface area contributed by atoms with E-state index >= 15 is 0 Å². The van der Waals surface area contributed by atoms with Crippen molar-refractivity contribution in [3.05, 3.63) is 57.7 Å². The molecule has 0 fully saturated rings. The van der Waals surface area contributed by atoms with Gasteiger partial charge in [0.1, 0.15) is 11.4 Å². The van der Waals surface area contributed by atoms with Gasteiger partial charge in [0, 0.05) is 17.1 Å². The van der Waals surface area contributed by atoms with E-state index in [1.165, 1.54) is 0 Å². The summed E-state index contributed by atoms with van der Waals surface area (Å²) in [6.45, 7) is 10.2. The number of nitrogens with zero attached hydrogens (tertiary/aromatic N) is 3. The molecule has 32 heavy (non-hydrogen) atoms. The van der Waals surface area contributed by atoms with E-state index in [9.17, 15) is 9.59 Å². The number of hydrazone groups is 1. The van der Waals surface area contributed by atoms with Crippen LogP contribution in [-0.4, -0.2) is 34.8 Å². The van der Waals surface area contributed by atoms with E-state index in [-0.39, 0.29) is 12.5 Å². The van der Waals surface area contributed by atoms with E-state index in [4.69, 9.17) is 10.5 Å². The molecule has 0 radical (unpaired) electrons. The van der Waals surface area contributed by atoms with Crippen molar-refractivity contribution in [1.82, 2.24) is 10.4 Å². The summed E-state index contributed by atoms with van der Waals surface area (Å²) >= 11 is 3.43. The number of hydrogen-bond acceptors (Lipinski definition) is 6. The number of amides is 2. The standard InChI is InChI=1S/C23H30BrN5O3/c1-15(2)29(21-11-10-18(24)19(27-21)12-20(25)30)14-17-8-6-16(7-9-17)13-26-28-22(31)32-23(3,4)5/h6-11,13,15H,12,14H2,1-5H3,(H2,25,30)(H,28,31)/b26-13+. The number of benzene rings is 1. The molecule has 0 aliphatic carbocycles. The van der Waals surface area contributed by atoms with Crippen molar-refractivity contribution in [2.75, 3.05) is 4.90 Å². The molecule has 0 spiro atoms. The van der Waals surface area contributed by atoms with Crippen LogP contribution in [0.3, 0.4) is 0 Å². The van der Waals surface area contributed by atoms with Gasteiger partial charge in [0.25, 0.3) is 0 Å². The Labute approximate surface area is 197 Å². The summed E-state index contributed by atoms with van der Waals surface area (Å²) in [7, 11) is 0. The lowest BCUT2D eigenvalue weighted by molar-refractivity contribution is -0.117. The number of primary amides is 1. The van der Waals surface area contributed by atoms with E-state index in [0.29, 0.717) is 12.2 Å². The number of hydrogen-bond donors (Lipinski definition) is 2. The summed E-state index contributed by atoms with van der Waals surface area (Å²) in [5.41, 5.74) is 9.65. The molecule has 0 aliphatic rings. The maximum Gasteiger partial charge on any atom is 0.428 e. The first-order valence-corrected chi connectivity index (χ1v) is 11.1. The van der Waals surface area contributed by atoms with Crippen molar-refractivity contribution in [2.45, 2.75) is 59.2 Å². The highest BCUT2D eigenvalue weighted by atomic mass is 79.9. The Hall–Kier alpha value is -2.94. The highest BCUT2D eigenvalue weighted by Gasteiger charge is 2.16. The topological polar surface area (TPSA) is 110 Å². The second-order valence-electron chi connectivity index (χ2n) is 8.58. The molecule has 2 aromatic rings. The van der Waals surface area contributed by atoms with Crippen LogP contribution < -0.4 is 16.1 Å². The Morgan fingerprint density at radius 3 is 2.44 bits per heavy atom. The van der Waals surface area contributed by atoms with Crippen molar-refractivity contribution < 1.29 is 14.3 Å². The summed E-state index contributed by atoms with van der Waals surface area (Å²) in [5, 5.41) is 3.92. The molecule has 172 valence electrons. The van der Waals surface area contributed by atoms with Gasteiger partial charge in [-0.25, -0.2) is 15.2 Å². The molecule has 1 heterocycles. The number of pyridine rings is 1. The van der Waals surface area contributed by atoms with Crippen LogP contribution in [-0.2, 0) is 22.5 Å². The van der Waals surface area contributed by atoms with Crippen LogP contribution in [0.2, 0.25) is 0 Å². The lowest BCUT2D eigenvalue weighted by Gasteiger charge is -2.28. The Bertz CT molecular complexity index is 969. The SMILES string of the molecule is CC(C)N(Cc1ccc(/C=N/NC(=O)OC(C)(C)C)cc1)c1ccc(Br)c(CC(N)=O)n1. The summed E-state index contributed by atoms with van der Waals surface area (Å²) in [6, 6.07) is 11.8. The summed E-state index contributed by atoms with van der Waals surface area (Å²) < 4.78 is 5.89. The molecule has 0 saturated heterocycles. The van der Waals surface area contributed by atoms with E-state index in [1.54, 1.807) is 27.0 Å². The predicted octanol–water partition coefficient (Wildman–Crippen LogP) is 4.15. The first-order valence-electron chi connectivity index (χ1n) is 10.3. The number of aromatic nitrogens is 1. The lowest BCUT2D eigenvalue weighted by atomic mass is 10.1. The van der Waals surface area contributed by atoms with Crippen LogP contribution >= 0.6 is 15.9 Å². The number of rotatable bonds is 8. The summed E-state index contributed by atoms with van der Waals surface area (Å²) in [4.78, 5) is 29.8. The number of nitrogens with two attached hydrogens (primary N) is 1. The Balaban J connectivity index is 2.08. The molecule has 3 N–H and O–H groups in total. The minimum Gasteiger partial charge on any atom is -0.443 e. The fourth-order valence-corrected chi connectivity index (χ4v) is 3.18. The van der Waals surface area contributed by atoms with Gasteiger partial charge in [-0.3, -0.25) is 4.79 Å². The molecule has 8 nitrogen and oxygen atoms in total. The van der Waals surface area contributed by atoms with Crippen LogP contribution in [0.25, 0.3) is 0 Å². The van der Waals surface area contributed by atoms with E-state index < -0.39 is 17.6 Å². The zero-order valence-corrected chi connectivity index (χ0v) is 20.6. The third kappa shape index (κ3) is 8.30. The normalized spacial score (nSPS) is 11.6. The molecular formula is C23H30BrN5O3. The van der Waals surface area contributed by atoms with Crippen LogP contribution in [0.15, 0.2) is 46.0 Å². The average molecular weight is 504 g/mol. The van der Waals surface area contributed by atoms with E-state index in [2.05, 4.69) is 50.2 Å². The fraction of sp³-hybridized carbons (Fsp3) is 0.391. The van der Waals surface area contributed by atoms with Gasteiger partial charge in [-0.2, -0.15) is 5.10 Å². The Morgan fingerprint density at radius 2 is 1.88 bits per heavy atom. The smallest absolute Gasteiger partial charge is 0.428 e. The number of carbonyl (C=O) groups excluding carboxylic acids is 2. The van der Waals surface area contributed by atoms with Crippen molar-refractivity contribution in [3.63, 3.8) is 0 Å². The van der Waals surface area contributed by atoms with Gasteiger partial charge < -0.3 is 15.4 Å². The number of halogens is 1. The van der Waals surface area contributed by atoms with Crippen molar-refractivity contribution in [2.24, 2.45) is 10.8 Å². The van der Waals surface area contributed by atoms with Gasteiger partial charge in [-0.15, -0.1) is 0 Å². The molecule has 0 unspecified atom stereocenters. The minimum atomic E-state index is -0.601. The number of nitrogens with one attached hydrogen (secondary N) is 1. The van der Waals surface area contributed by atoms with Crippen LogP contribution in [0.1, 0.15) is 51.4 Å². The largest absolute Gasteiger partial charge is 0.443 e. The van der Waals surface area contributed by atoms with Crippen LogP contribution in [0, 0.1) is 0 Å². The molecule has 0 aliphatic heterocycles. The molecule has 0 bridgehead atoms. The molecule has 1 aromatic heterocycles. The second kappa shape index (κ2) is 11.1. The zero-order valence-electron chi connectivity index (χ0n) is 19.1. The second-order valence-corrected chi connectivity index (χ2v) is 9.43. The van der Waals surface area contributed by atoms with Gasteiger partial charge in [0.15, 0.2) is 0 Å². The van der Waals surface area contributed by atoms with Gasteiger partial charge in [0.05, 0.1) is 18.3 Å². The molecule has 2 rings (SSSR count). The maximum absolute atomic E-state index is 11.6. The van der Waals surface area contributed by atoms with Gasteiger partial charge in [-0.1, -0.05) is 24.3 Å². The summed E-state index contributed by atoms with van der Waals surface area (Å²) in [5.74, 6) is 0.344. The molecule has 1 aromatic carbocycles. The summed E-state index contributed by atoms with van der Waals surface area (Å²) in [6.07, 6.45) is 1.03. The number of carbonyl (C=O) groups is 2. The highest BCUT2D eigenvalue weighted by Crippen LogP contribution is 2.23. The first kappa shape index (κ1) is 25.3. The molecular weight excluding hydrogens is 474 g/mol. The first-order chi connectivity index (χ1) is 14.9. The Kier molecular flexibility index (Phi) is 8.77. The monoisotopic (exact) mass is 503 g/mol. The lowest BCUT2D eigenvalue weighted by Crippen LogP contribution is -2.31. The minimum absolute atomic E-state index is 0.0751. The average Bonchev–Trinajstić information content (AvgIpc) is 2.67. The van der Waals surface area contributed by atoms with Crippen LogP contribution in [0.5, 0.6) is 0 Å². The molecule has 0 atom stereocenters. The Morgan fingerprint density at radius 1 is 1.22 bits per heavy atom. The van der Waals surface area contributed by atoms with Crippen molar-refractivity contribution >= 4 is 40.0 Å². The van der Waals surface area contributed by atoms with E-state index in [0.717, 1.165) is 21.4 Å². The van der Waals surface area contributed by atoms with E-state index in [1.807, 2.05) is 36.4 Å². The van der Waals surface area contributed by atoms with Gasteiger partial charge in [0.2, 0.25) is 5.91 Å². The van der Waals surface area contributed by atoms with Gasteiger partial charge >= 0.3 is 6.09 Å². The molecule has 0 saturated carbocycles. The third-order valence-corrected chi connectivity index (χ3v) is 4.99. The predicted molar refractivity (Wildman–Crippen MR) is 130 cm³/mol. The quantitative estimate of drug-likeness (QED) is 0.415. The fourth-order valence-electron chi connectivity index (χ4n) is 2.82. The highest BCUT2D eigenvalue weighted by molar-refractivity contribution is 9.10. The molecule has 2 amide bonds. The third-order valence-electron chi connectivity index (χ3n) is 4.26. The maximum atomic E-state index is 11.6.